The van der Waals surface area contributed by atoms with E-state index in [0.29, 0.717) is 25.7 Å². The standard InChI is InChI=1S/C69H134O17P2/c1-6-10-13-16-19-22-24-26-28-30-32-38-43-48-53-67(72)80-59-65(85-68(73)54-49-44-39-33-31-29-27-25-23-20-17-14-11-7-2)61-84-88(77,78)82-57-63(70)56-81-87(75,76)83-60-64(58-79-66(71)52-47-42-37-21-18-15-12-8-3)86-69(74)55-50-45-40-35-34-36-41-46-51-62(5)9-4/h62-65,70H,6-61H2,1-5H3,(H,75,76)(H,77,78)/t62?,63-,64+,65+/m0/s1. The summed E-state index contributed by atoms with van der Waals surface area (Å²) in [6.45, 7) is 7.22. The number of hydrogen-bond donors (Lipinski definition) is 3. The zero-order chi connectivity index (χ0) is 64.9. The lowest BCUT2D eigenvalue weighted by atomic mass is 9.99. The smallest absolute Gasteiger partial charge is 0.462 e. The maximum absolute atomic E-state index is 13.0. The maximum atomic E-state index is 13.0. The first-order valence-electron chi connectivity index (χ1n) is 36.2. The van der Waals surface area contributed by atoms with Crippen LogP contribution in [-0.2, 0) is 65.4 Å². The Hall–Kier alpha value is -1.94. The molecular formula is C69H134O17P2. The zero-order valence-corrected chi connectivity index (χ0v) is 58.6. The van der Waals surface area contributed by atoms with Crippen molar-refractivity contribution in [3.05, 3.63) is 0 Å². The lowest BCUT2D eigenvalue weighted by Crippen LogP contribution is -2.30. The Morgan fingerprint density at radius 1 is 0.318 bits per heavy atom. The average molecular weight is 1300 g/mol. The van der Waals surface area contributed by atoms with Crippen LogP contribution in [-0.4, -0.2) is 96.7 Å². The van der Waals surface area contributed by atoms with Crippen molar-refractivity contribution in [2.75, 3.05) is 39.6 Å². The lowest BCUT2D eigenvalue weighted by Gasteiger charge is -2.21. The highest BCUT2D eigenvalue weighted by Crippen LogP contribution is 2.45. The van der Waals surface area contributed by atoms with Gasteiger partial charge in [-0.05, 0) is 31.6 Å². The van der Waals surface area contributed by atoms with Gasteiger partial charge in [0.25, 0.3) is 0 Å². The Morgan fingerprint density at radius 3 is 0.807 bits per heavy atom. The van der Waals surface area contributed by atoms with Crippen molar-refractivity contribution >= 4 is 39.5 Å². The third-order valence-corrected chi connectivity index (χ3v) is 18.3. The molecule has 19 heteroatoms. The van der Waals surface area contributed by atoms with E-state index >= 15 is 0 Å². The monoisotopic (exact) mass is 1300 g/mol. The summed E-state index contributed by atoms with van der Waals surface area (Å²) in [5, 5.41) is 10.6. The molecule has 0 aromatic rings. The van der Waals surface area contributed by atoms with Crippen LogP contribution in [0.3, 0.4) is 0 Å². The van der Waals surface area contributed by atoms with E-state index in [0.717, 1.165) is 102 Å². The topological polar surface area (TPSA) is 237 Å². The number of hydrogen-bond acceptors (Lipinski definition) is 15. The second kappa shape index (κ2) is 62.5. The maximum Gasteiger partial charge on any atom is 0.472 e. The van der Waals surface area contributed by atoms with E-state index in [-0.39, 0.29) is 25.7 Å². The minimum atomic E-state index is -4.95. The van der Waals surface area contributed by atoms with Crippen molar-refractivity contribution in [2.45, 2.75) is 374 Å². The Balaban J connectivity index is 5.23. The number of esters is 4. The van der Waals surface area contributed by atoms with Crippen LogP contribution in [0.25, 0.3) is 0 Å². The van der Waals surface area contributed by atoms with Crippen molar-refractivity contribution in [3.63, 3.8) is 0 Å². The third-order valence-electron chi connectivity index (χ3n) is 16.4. The van der Waals surface area contributed by atoms with E-state index in [2.05, 4.69) is 34.6 Å². The van der Waals surface area contributed by atoms with Gasteiger partial charge >= 0.3 is 39.5 Å². The van der Waals surface area contributed by atoms with Crippen LogP contribution in [0.5, 0.6) is 0 Å². The number of carbonyl (C=O) groups is 4. The van der Waals surface area contributed by atoms with Crippen LogP contribution in [0.4, 0.5) is 0 Å². The fraction of sp³-hybridized carbons (Fsp3) is 0.942. The lowest BCUT2D eigenvalue weighted by molar-refractivity contribution is -0.161. The van der Waals surface area contributed by atoms with Gasteiger partial charge in [-0.2, -0.15) is 0 Å². The predicted octanol–water partition coefficient (Wildman–Crippen LogP) is 19.7. The molecule has 6 atom stereocenters. The number of carbonyl (C=O) groups excluding carboxylic acids is 4. The Morgan fingerprint density at radius 2 is 0.545 bits per heavy atom. The Bertz CT molecular complexity index is 1710. The van der Waals surface area contributed by atoms with Gasteiger partial charge in [0, 0.05) is 25.7 Å². The molecule has 0 aromatic heterocycles. The summed E-state index contributed by atoms with van der Waals surface area (Å²) in [5.41, 5.74) is 0. The molecule has 522 valence electrons. The first kappa shape index (κ1) is 86.1. The summed E-state index contributed by atoms with van der Waals surface area (Å²) in [6, 6.07) is 0. The second-order valence-corrected chi connectivity index (χ2v) is 28.1. The molecule has 3 unspecified atom stereocenters. The van der Waals surface area contributed by atoms with Crippen LogP contribution in [0, 0.1) is 5.92 Å². The molecule has 88 heavy (non-hydrogen) atoms. The summed E-state index contributed by atoms with van der Waals surface area (Å²) < 4.78 is 68.2. The summed E-state index contributed by atoms with van der Waals surface area (Å²) >= 11 is 0. The molecule has 0 amide bonds. The normalized spacial score (nSPS) is 14.4. The van der Waals surface area contributed by atoms with Gasteiger partial charge < -0.3 is 33.8 Å². The van der Waals surface area contributed by atoms with Crippen LogP contribution in [0.1, 0.15) is 356 Å². The van der Waals surface area contributed by atoms with E-state index in [4.69, 9.17) is 37.0 Å². The molecule has 0 heterocycles. The van der Waals surface area contributed by atoms with Gasteiger partial charge in [0.2, 0.25) is 0 Å². The van der Waals surface area contributed by atoms with Gasteiger partial charge in [-0.3, -0.25) is 37.3 Å². The molecule has 0 aromatic carbocycles. The molecule has 0 bridgehead atoms. The highest BCUT2D eigenvalue weighted by Gasteiger charge is 2.30. The molecule has 0 radical (unpaired) electrons. The molecule has 3 N–H and O–H groups in total. The minimum Gasteiger partial charge on any atom is -0.462 e. The van der Waals surface area contributed by atoms with E-state index in [1.54, 1.807) is 0 Å². The van der Waals surface area contributed by atoms with E-state index < -0.39 is 97.5 Å². The third kappa shape index (κ3) is 61.6. The largest absolute Gasteiger partial charge is 0.472 e. The van der Waals surface area contributed by atoms with E-state index in [9.17, 15) is 43.2 Å². The van der Waals surface area contributed by atoms with Gasteiger partial charge in [0.1, 0.15) is 19.3 Å². The van der Waals surface area contributed by atoms with E-state index in [1.807, 2.05) is 0 Å². The number of ether oxygens (including phenoxy) is 4. The van der Waals surface area contributed by atoms with E-state index in [1.165, 1.54) is 173 Å². The van der Waals surface area contributed by atoms with Gasteiger partial charge in [-0.15, -0.1) is 0 Å². The highest BCUT2D eigenvalue weighted by molar-refractivity contribution is 7.47. The van der Waals surface area contributed by atoms with Crippen molar-refractivity contribution in [2.24, 2.45) is 5.92 Å². The molecule has 0 rings (SSSR count). The van der Waals surface area contributed by atoms with Crippen LogP contribution in [0.2, 0.25) is 0 Å². The van der Waals surface area contributed by atoms with Gasteiger partial charge in [-0.1, -0.05) is 304 Å². The number of aliphatic hydroxyl groups is 1. The molecular weight excluding hydrogens is 1160 g/mol. The first-order chi connectivity index (χ1) is 42.6. The number of unbranched alkanes of at least 4 members (excludes halogenated alkanes) is 40. The first-order valence-corrected chi connectivity index (χ1v) is 39.2. The van der Waals surface area contributed by atoms with Gasteiger partial charge in [0.15, 0.2) is 12.2 Å². The summed E-state index contributed by atoms with van der Waals surface area (Å²) in [6.07, 6.45) is 48.4. The van der Waals surface area contributed by atoms with Gasteiger partial charge in [-0.25, -0.2) is 9.13 Å². The number of aliphatic hydroxyl groups excluding tert-OH is 1. The van der Waals surface area contributed by atoms with Crippen LogP contribution in [0.15, 0.2) is 0 Å². The molecule has 0 fully saturated rings. The molecule has 0 saturated heterocycles. The minimum absolute atomic E-state index is 0.105. The number of phosphoric acid groups is 2. The molecule has 0 aliphatic heterocycles. The quantitative estimate of drug-likeness (QED) is 0.0222. The van der Waals surface area contributed by atoms with Crippen LogP contribution < -0.4 is 0 Å². The summed E-state index contributed by atoms with van der Waals surface area (Å²) in [7, 11) is -9.89. The number of phosphoric ester groups is 2. The molecule has 0 saturated carbocycles. The van der Waals surface area contributed by atoms with Crippen molar-refractivity contribution in [3.8, 4) is 0 Å². The van der Waals surface area contributed by atoms with Crippen LogP contribution >= 0.6 is 15.6 Å². The van der Waals surface area contributed by atoms with Crippen molar-refractivity contribution in [1.82, 2.24) is 0 Å². The predicted molar refractivity (Wildman–Crippen MR) is 354 cm³/mol. The molecule has 0 spiro atoms. The molecule has 17 nitrogen and oxygen atoms in total. The highest BCUT2D eigenvalue weighted by atomic mass is 31.2. The molecule has 0 aliphatic carbocycles. The molecule has 0 aliphatic rings. The SMILES string of the molecule is CCCCCCCCCCCCCCCCC(=O)OC[C@H](COP(=O)(O)OC[C@@H](O)COP(=O)(O)OC[C@@H](COC(=O)CCCCCCCCCC)OC(=O)CCCCCCCCCCC(C)CC)OC(=O)CCCCCCCCCCCCCCCC. The van der Waals surface area contributed by atoms with Crippen molar-refractivity contribution in [1.29, 1.82) is 0 Å². The zero-order valence-electron chi connectivity index (χ0n) is 56.9. The summed E-state index contributed by atoms with van der Waals surface area (Å²) in [5.74, 6) is -1.36. The van der Waals surface area contributed by atoms with Gasteiger partial charge in [0.05, 0.1) is 26.4 Å². The fourth-order valence-electron chi connectivity index (χ4n) is 10.4. The fourth-order valence-corrected chi connectivity index (χ4v) is 12.0. The summed E-state index contributed by atoms with van der Waals surface area (Å²) in [4.78, 5) is 72.4. The average Bonchev–Trinajstić information content (AvgIpc) is 3.70. The number of rotatable bonds is 69. The Kier molecular flexibility index (Phi) is 61.1. The van der Waals surface area contributed by atoms with Crippen molar-refractivity contribution < 1.29 is 80.2 Å². The Labute approximate surface area is 537 Å². The second-order valence-electron chi connectivity index (χ2n) is 25.2.